The molecule has 84 valence electrons. The van der Waals surface area contributed by atoms with E-state index in [0.717, 1.165) is 17.0 Å². The van der Waals surface area contributed by atoms with Gasteiger partial charge in [0, 0.05) is 13.1 Å². The van der Waals surface area contributed by atoms with Gasteiger partial charge in [0.25, 0.3) is 5.91 Å². The highest BCUT2D eigenvalue weighted by Crippen LogP contribution is 2.36. The molecule has 1 unspecified atom stereocenters. The molecule has 15 heavy (non-hydrogen) atoms. The minimum atomic E-state index is -0.0483. The van der Waals surface area contributed by atoms with E-state index in [4.69, 9.17) is 4.74 Å². The van der Waals surface area contributed by atoms with E-state index in [1.807, 2.05) is 6.07 Å². The molecule has 1 atom stereocenters. The quantitative estimate of drug-likeness (QED) is 0.858. The highest BCUT2D eigenvalue weighted by atomic mass is 32.1. The van der Waals surface area contributed by atoms with Crippen molar-refractivity contribution in [2.45, 2.75) is 26.2 Å². The third-order valence-corrected chi connectivity index (χ3v) is 3.80. The first kappa shape index (κ1) is 12.0. The molecule has 0 aliphatic rings. The Kier molecular flexibility index (Phi) is 4.15. The van der Waals surface area contributed by atoms with Crippen LogP contribution in [-0.4, -0.2) is 20.1 Å². The number of rotatable bonds is 4. The largest absolute Gasteiger partial charge is 0.496 e. The number of methoxy groups -OCH3 is 1. The van der Waals surface area contributed by atoms with Crippen molar-refractivity contribution in [1.82, 2.24) is 5.32 Å². The van der Waals surface area contributed by atoms with E-state index in [0.29, 0.717) is 10.8 Å². The van der Waals surface area contributed by atoms with E-state index < -0.39 is 0 Å². The van der Waals surface area contributed by atoms with Crippen molar-refractivity contribution in [2.75, 3.05) is 14.2 Å². The van der Waals surface area contributed by atoms with Crippen LogP contribution in [0.5, 0.6) is 5.75 Å². The lowest BCUT2D eigenvalue weighted by atomic mass is 10.1. The molecule has 0 radical (unpaired) electrons. The van der Waals surface area contributed by atoms with Crippen LogP contribution in [0.2, 0.25) is 0 Å². The molecular formula is C11H17NO2S. The molecule has 1 N–H and O–H groups in total. The third-order valence-electron chi connectivity index (χ3n) is 2.46. The van der Waals surface area contributed by atoms with Crippen LogP contribution in [0.4, 0.5) is 0 Å². The minimum Gasteiger partial charge on any atom is -0.496 e. The number of nitrogens with one attached hydrogen (secondary N) is 1. The van der Waals surface area contributed by atoms with Crippen LogP contribution in [-0.2, 0) is 0 Å². The SMILES string of the molecule is CCC(C)c1sc(C(=O)NC)cc1OC. The molecule has 0 saturated carbocycles. The first-order valence-electron chi connectivity index (χ1n) is 5.03. The summed E-state index contributed by atoms with van der Waals surface area (Å²) in [5.74, 6) is 1.21. The summed E-state index contributed by atoms with van der Waals surface area (Å²) in [6.07, 6.45) is 1.05. The third kappa shape index (κ3) is 2.50. The zero-order valence-electron chi connectivity index (χ0n) is 9.59. The molecule has 1 heterocycles. The van der Waals surface area contributed by atoms with Gasteiger partial charge in [-0.15, -0.1) is 11.3 Å². The van der Waals surface area contributed by atoms with Gasteiger partial charge in [-0.1, -0.05) is 13.8 Å². The second-order valence-corrected chi connectivity index (χ2v) is 4.52. The van der Waals surface area contributed by atoms with Gasteiger partial charge in [0.15, 0.2) is 0 Å². The second-order valence-electron chi connectivity index (χ2n) is 3.43. The van der Waals surface area contributed by atoms with Crippen LogP contribution >= 0.6 is 11.3 Å². The van der Waals surface area contributed by atoms with E-state index >= 15 is 0 Å². The summed E-state index contributed by atoms with van der Waals surface area (Å²) >= 11 is 1.51. The Balaban J connectivity index is 3.05. The fraction of sp³-hybridized carbons (Fsp3) is 0.545. The Labute approximate surface area is 94.5 Å². The molecule has 0 fully saturated rings. The second kappa shape index (κ2) is 5.16. The summed E-state index contributed by atoms with van der Waals surface area (Å²) in [6.45, 7) is 4.27. The fourth-order valence-electron chi connectivity index (χ4n) is 1.31. The van der Waals surface area contributed by atoms with Crippen molar-refractivity contribution < 1.29 is 9.53 Å². The number of hydrogen-bond donors (Lipinski definition) is 1. The standard InChI is InChI=1S/C11H17NO2S/c1-5-7(2)10-8(14-4)6-9(15-10)11(13)12-3/h6-7H,5H2,1-4H3,(H,12,13). The topological polar surface area (TPSA) is 38.3 Å². The van der Waals surface area contributed by atoms with E-state index in [9.17, 15) is 4.79 Å². The average Bonchev–Trinajstić information content (AvgIpc) is 2.70. The van der Waals surface area contributed by atoms with Gasteiger partial charge < -0.3 is 10.1 Å². The molecule has 0 bridgehead atoms. The highest BCUT2D eigenvalue weighted by molar-refractivity contribution is 7.14. The number of amides is 1. The van der Waals surface area contributed by atoms with Crippen LogP contribution in [0.25, 0.3) is 0 Å². The number of carbonyl (C=O) groups excluding carboxylic acids is 1. The Morgan fingerprint density at radius 1 is 1.67 bits per heavy atom. The molecule has 0 aliphatic heterocycles. The zero-order valence-corrected chi connectivity index (χ0v) is 10.4. The van der Waals surface area contributed by atoms with E-state index in [1.165, 1.54) is 11.3 Å². The summed E-state index contributed by atoms with van der Waals surface area (Å²) in [5.41, 5.74) is 0. The Morgan fingerprint density at radius 2 is 2.33 bits per heavy atom. The number of thiophene rings is 1. The maximum absolute atomic E-state index is 11.4. The summed E-state index contributed by atoms with van der Waals surface area (Å²) in [7, 11) is 3.28. The molecule has 3 nitrogen and oxygen atoms in total. The molecule has 1 rings (SSSR count). The average molecular weight is 227 g/mol. The van der Waals surface area contributed by atoms with E-state index in [-0.39, 0.29) is 5.91 Å². The van der Waals surface area contributed by atoms with E-state index in [1.54, 1.807) is 14.2 Å². The van der Waals surface area contributed by atoms with Crippen molar-refractivity contribution in [2.24, 2.45) is 0 Å². The van der Waals surface area contributed by atoms with Crippen LogP contribution in [0.15, 0.2) is 6.07 Å². The molecule has 1 aromatic rings. The summed E-state index contributed by atoms with van der Waals surface area (Å²) in [4.78, 5) is 13.3. The summed E-state index contributed by atoms with van der Waals surface area (Å²) in [5, 5.41) is 2.62. The van der Waals surface area contributed by atoms with Crippen LogP contribution < -0.4 is 10.1 Å². The lowest BCUT2D eigenvalue weighted by molar-refractivity contribution is 0.0967. The molecule has 0 aliphatic carbocycles. The monoisotopic (exact) mass is 227 g/mol. The van der Waals surface area contributed by atoms with E-state index in [2.05, 4.69) is 19.2 Å². The van der Waals surface area contributed by atoms with Crippen molar-refractivity contribution in [3.63, 3.8) is 0 Å². The van der Waals surface area contributed by atoms with Gasteiger partial charge in [-0.05, 0) is 12.3 Å². The van der Waals surface area contributed by atoms with Crippen LogP contribution in [0.1, 0.15) is 40.7 Å². The maximum atomic E-state index is 11.4. The Morgan fingerprint density at radius 3 is 2.80 bits per heavy atom. The normalized spacial score (nSPS) is 12.3. The van der Waals surface area contributed by atoms with Crippen molar-refractivity contribution in [3.8, 4) is 5.75 Å². The Hall–Kier alpha value is -1.03. The van der Waals surface area contributed by atoms with Crippen LogP contribution in [0.3, 0.4) is 0 Å². The number of ether oxygens (including phenoxy) is 1. The molecule has 1 amide bonds. The maximum Gasteiger partial charge on any atom is 0.261 e. The molecule has 0 spiro atoms. The van der Waals surface area contributed by atoms with Crippen molar-refractivity contribution in [3.05, 3.63) is 15.8 Å². The van der Waals surface area contributed by atoms with Gasteiger partial charge >= 0.3 is 0 Å². The first-order chi connectivity index (χ1) is 7.13. The molecule has 0 saturated heterocycles. The molecular weight excluding hydrogens is 210 g/mol. The highest BCUT2D eigenvalue weighted by Gasteiger charge is 2.17. The smallest absolute Gasteiger partial charge is 0.261 e. The first-order valence-corrected chi connectivity index (χ1v) is 5.85. The van der Waals surface area contributed by atoms with Crippen LogP contribution in [0, 0.1) is 0 Å². The van der Waals surface area contributed by atoms with Gasteiger partial charge in [0.2, 0.25) is 0 Å². The van der Waals surface area contributed by atoms with Gasteiger partial charge in [-0.3, -0.25) is 4.79 Å². The predicted molar refractivity (Wildman–Crippen MR) is 63.0 cm³/mol. The summed E-state index contributed by atoms with van der Waals surface area (Å²) < 4.78 is 5.27. The number of carbonyl (C=O) groups is 1. The lowest BCUT2D eigenvalue weighted by Crippen LogP contribution is -2.16. The lowest BCUT2D eigenvalue weighted by Gasteiger charge is -2.07. The molecule has 1 aromatic heterocycles. The van der Waals surface area contributed by atoms with Crippen molar-refractivity contribution >= 4 is 17.2 Å². The minimum absolute atomic E-state index is 0.0483. The predicted octanol–water partition coefficient (Wildman–Crippen LogP) is 2.63. The van der Waals surface area contributed by atoms with Crippen molar-refractivity contribution in [1.29, 1.82) is 0 Å². The number of hydrogen-bond acceptors (Lipinski definition) is 3. The zero-order chi connectivity index (χ0) is 11.4. The summed E-state index contributed by atoms with van der Waals surface area (Å²) in [6, 6.07) is 1.81. The van der Waals surface area contributed by atoms with Gasteiger partial charge in [-0.2, -0.15) is 0 Å². The van der Waals surface area contributed by atoms with Gasteiger partial charge in [-0.25, -0.2) is 0 Å². The molecule has 0 aromatic carbocycles. The van der Waals surface area contributed by atoms with Gasteiger partial charge in [0.05, 0.1) is 16.9 Å². The fourth-order valence-corrected chi connectivity index (χ4v) is 2.52. The molecule has 4 heteroatoms. The Bertz CT molecular complexity index is 346. The van der Waals surface area contributed by atoms with Gasteiger partial charge in [0.1, 0.15) is 5.75 Å².